The number of aliphatic hydroxyl groups excluding tert-OH is 3. The summed E-state index contributed by atoms with van der Waals surface area (Å²) in [6.45, 7) is 1.05. The Labute approximate surface area is 173 Å². The van der Waals surface area contributed by atoms with E-state index < -0.39 is 30.7 Å². The molecule has 0 aromatic heterocycles. The van der Waals surface area contributed by atoms with Crippen LogP contribution in [0.15, 0.2) is 36.4 Å². The highest BCUT2D eigenvalue weighted by molar-refractivity contribution is 6.31. The van der Waals surface area contributed by atoms with Crippen molar-refractivity contribution in [1.82, 2.24) is 0 Å². The third-order valence-electron chi connectivity index (χ3n) is 5.20. The number of ether oxygens (including phenoxy) is 4. The predicted octanol–water partition coefficient (Wildman–Crippen LogP) is 1.83. The lowest BCUT2D eigenvalue weighted by atomic mass is 9.92. The van der Waals surface area contributed by atoms with E-state index in [1.54, 1.807) is 12.1 Å². The Morgan fingerprint density at radius 3 is 2.48 bits per heavy atom. The van der Waals surface area contributed by atoms with Crippen molar-refractivity contribution in [2.75, 3.05) is 20.3 Å². The Hall–Kier alpha value is -1.87. The fourth-order valence-electron chi connectivity index (χ4n) is 3.64. The average molecular weight is 423 g/mol. The molecule has 5 atom stereocenters. The Morgan fingerprint density at radius 2 is 1.72 bits per heavy atom. The van der Waals surface area contributed by atoms with E-state index in [1.807, 2.05) is 24.3 Å². The first-order chi connectivity index (χ1) is 14.0. The maximum absolute atomic E-state index is 10.4. The van der Waals surface area contributed by atoms with Gasteiger partial charge in [0.1, 0.15) is 37.6 Å². The second-order valence-electron chi connectivity index (χ2n) is 7.14. The normalized spacial score (nSPS) is 28.9. The Bertz CT molecular complexity index is 872. The molecule has 1 saturated heterocycles. The van der Waals surface area contributed by atoms with E-state index in [1.165, 1.54) is 7.11 Å². The molecule has 0 saturated carbocycles. The van der Waals surface area contributed by atoms with E-state index in [0.29, 0.717) is 36.0 Å². The summed E-state index contributed by atoms with van der Waals surface area (Å²) in [6.07, 6.45) is -5.42. The third kappa shape index (κ3) is 4.07. The molecular weight excluding hydrogens is 400 g/mol. The van der Waals surface area contributed by atoms with Crippen molar-refractivity contribution in [3.05, 3.63) is 58.1 Å². The van der Waals surface area contributed by atoms with Gasteiger partial charge in [-0.3, -0.25) is 0 Å². The number of fused-ring (bicyclic) bond motifs is 1. The first-order valence-corrected chi connectivity index (χ1v) is 9.75. The number of methoxy groups -OCH3 is 1. The van der Waals surface area contributed by atoms with Crippen LogP contribution in [0, 0.1) is 0 Å². The van der Waals surface area contributed by atoms with Crippen molar-refractivity contribution in [3.8, 4) is 11.5 Å². The summed E-state index contributed by atoms with van der Waals surface area (Å²) in [5, 5.41) is 31.1. The van der Waals surface area contributed by atoms with E-state index in [2.05, 4.69) is 0 Å². The average Bonchev–Trinajstić information content (AvgIpc) is 2.74. The van der Waals surface area contributed by atoms with Crippen LogP contribution >= 0.6 is 11.6 Å². The lowest BCUT2D eigenvalue weighted by molar-refractivity contribution is -0.292. The van der Waals surface area contributed by atoms with Gasteiger partial charge < -0.3 is 34.3 Å². The monoisotopic (exact) mass is 422 g/mol. The van der Waals surface area contributed by atoms with Gasteiger partial charge in [0.25, 0.3) is 0 Å². The molecule has 0 spiro atoms. The standard InChI is InChI=1S/C21H23ClO7/c1-26-21-19(25)17(23)18(24)20(29-21)12-3-4-14(22)13(10-12)8-11-2-5-15-16(9-11)28-7-6-27-15/h2-5,9-10,17-21,23-25H,6-8H2,1H3/t17-,18-,19+,20+,21?/m1/s1. The minimum atomic E-state index is -1.39. The van der Waals surface area contributed by atoms with Gasteiger partial charge in [0.05, 0.1) is 0 Å². The summed E-state index contributed by atoms with van der Waals surface area (Å²) >= 11 is 6.40. The maximum Gasteiger partial charge on any atom is 0.186 e. The number of benzene rings is 2. The molecule has 0 amide bonds. The third-order valence-corrected chi connectivity index (χ3v) is 5.57. The van der Waals surface area contributed by atoms with Crippen LogP contribution in [0.4, 0.5) is 0 Å². The van der Waals surface area contributed by atoms with Gasteiger partial charge in [0.15, 0.2) is 17.8 Å². The minimum absolute atomic E-state index is 0.512. The number of aliphatic hydroxyl groups is 3. The molecule has 2 aliphatic heterocycles. The highest BCUT2D eigenvalue weighted by Gasteiger charge is 2.44. The first kappa shape index (κ1) is 20.4. The Balaban J connectivity index is 1.59. The van der Waals surface area contributed by atoms with Gasteiger partial charge >= 0.3 is 0 Å². The van der Waals surface area contributed by atoms with Gasteiger partial charge in [-0.05, 0) is 41.3 Å². The van der Waals surface area contributed by atoms with Gasteiger partial charge in [0, 0.05) is 12.1 Å². The van der Waals surface area contributed by atoms with Crippen LogP contribution in [0.1, 0.15) is 22.8 Å². The first-order valence-electron chi connectivity index (χ1n) is 9.37. The van der Waals surface area contributed by atoms with E-state index in [9.17, 15) is 15.3 Å². The zero-order valence-corrected chi connectivity index (χ0v) is 16.6. The molecule has 4 rings (SSSR count). The fraction of sp³-hybridized carbons (Fsp3) is 0.429. The Morgan fingerprint density at radius 1 is 0.966 bits per heavy atom. The van der Waals surface area contributed by atoms with E-state index in [-0.39, 0.29) is 0 Å². The van der Waals surface area contributed by atoms with Gasteiger partial charge in [-0.15, -0.1) is 0 Å². The summed E-state index contributed by atoms with van der Waals surface area (Å²) in [7, 11) is 1.37. The molecule has 1 unspecified atom stereocenters. The van der Waals surface area contributed by atoms with Crippen molar-refractivity contribution < 1.29 is 34.3 Å². The lowest BCUT2D eigenvalue weighted by Crippen LogP contribution is -2.54. The van der Waals surface area contributed by atoms with E-state index in [4.69, 9.17) is 30.5 Å². The molecule has 7 nitrogen and oxygen atoms in total. The van der Waals surface area contributed by atoms with Crippen LogP contribution in [-0.2, 0) is 15.9 Å². The molecule has 0 aliphatic carbocycles. The summed E-state index contributed by atoms with van der Waals surface area (Å²) in [5.41, 5.74) is 2.44. The molecule has 29 heavy (non-hydrogen) atoms. The van der Waals surface area contributed by atoms with Gasteiger partial charge in [-0.2, -0.15) is 0 Å². The minimum Gasteiger partial charge on any atom is -0.486 e. The SMILES string of the molecule is COC1O[C@@H](c2ccc(Cl)c(Cc3ccc4c(c3)OCCO4)c2)[C@H](O)[C@@H](O)[C@@H]1O. The number of halogens is 1. The van der Waals surface area contributed by atoms with Crippen LogP contribution in [0.2, 0.25) is 5.02 Å². The number of hydrogen-bond acceptors (Lipinski definition) is 7. The number of rotatable bonds is 4. The van der Waals surface area contributed by atoms with Crippen LogP contribution in [-0.4, -0.2) is 60.2 Å². The zero-order valence-electron chi connectivity index (χ0n) is 15.8. The topological polar surface area (TPSA) is 97.6 Å². The summed E-state index contributed by atoms with van der Waals surface area (Å²) in [5.74, 6) is 1.42. The van der Waals surface area contributed by atoms with Crippen LogP contribution < -0.4 is 9.47 Å². The summed E-state index contributed by atoms with van der Waals surface area (Å²) in [6, 6.07) is 11.0. The van der Waals surface area contributed by atoms with E-state index >= 15 is 0 Å². The summed E-state index contributed by atoms with van der Waals surface area (Å²) in [4.78, 5) is 0. The molecule has 3 N–H and O–H groups in total. The van der Waals surface area contributed by atoms with Crippen molar-refractivity contribution in [3.63, 3.8) is 0 Å². The molecule has 8 heteroatoms. The van der Waals surface area contributed by atoms with Crippen molar-refractivity contribution in [2.24, 2.45) is 0 Å². The molecule has 156 valence electrons. The molecule has 2 aliphatic rings. The molecular formula is C21H23ClO7. The number of hydrogen-bond donors (Lipinski definition) is 3. The van der Waals surface area contributed by atoms with E-state index in [0.717, 1.165) is 16.9 Å². The smallest absolute Gasteiger partial charge is 0.186 e. The lowest BCUT2D eigenvalue weighted by Gasteiger charge is -2.40. The van der Waals surface area contributed by atoms with Gasteiger partial charge in [-0.25, -0.2) is 0 Å². The van der Waals surface area contributed by atoms with Crippen LogP contribution in [0.5, 0.6) is 11.5 Å². The van der Waals surface area contributed by atoms with Crippen LogP contribution in [0.3, 0.4) is 0 Å². The fourth-order valence-corrected chi connectivity index (χ4v) is 3.83. The van der Waals surface area contributed by atoms with Crippen LogP contribution in [0.25, 0.3) is 0 Å². The zero-order chi connectivity index (χ0) is 20.5. The van der Waals surface area contributed by atoms with Crippen molar-refractivity contribution in [2.45, 2.75) is 37.1 Å². The predicted molar refractivity (Wildman–Crippen MR) is 104 cm³/mol. The second kappa shape index (κ2) is 8.47. The highest BCUT2D eigenvalue weighted by Crippen LogP contribution is 2.36. The van der Waals surface area contributed by atoms with Gasteiger partial charge in [0.2, 0.25) is 0 Å². The van der Waals surface area contributed by atoms with Gasteiger partial charge in [-0.1, -0.05) is 29.8 Å². The molecule has 2 heterocycles. The second-order valence-corrected chi connectivity index (χ2v) is 7.55. The maximum atomic E-state index is 10.4. The van der Waals surface area contributed by atoms with Crippen molar-refractivity contribution in [1.29, 1.82) is 0 Å². The molecule has 1 fully saturated rings. The highest BCUT2D eigenvalue weighted by atomic mass is 35.5. The molecule has 2 aromatic rings. The quantitative estimate of drug-likeness (QED) is 0.691. The molecule has 0 bridgehead atoms. The van der Waals surface area contributed by atoms with Crippen molar-refractivity contribution >= 4 is 11.6 Å². The summed E-state index contributed by atoms with van der Waals surface area (Å²) < 4.78 is 21.9. The molecule has 0 radical (unpaired) electrons. The Kier molecular flexibility index (Phi) is 5.96. The largest absolute Gasteiger partial charge is 0.486 e. The molecule has 2 aromatic carbocycles.